The molecule has 0 saturated heterocycles. The van der Waals surface area contributed by atoms with Gasteiger partial charge in [0.15, 0.2) is 0 Å². The molecule has 0 amide bonds. The Balaban J connectivity index is 2.56. The fourth-order valence-corrected chi connectivity index (χ4v) is 1.27. The third-order valence-corrected chi connectivity index (χ3v) is 2.14. The Morgan fingerprint density at radius 3 is 2.25 bits per heavy atom. The zero-order valence-electron chi connectivity index (χ0n) is 10.2. The lowest BCUT2D eigenvalue weighted by atomic mass is 9.96. The van der Waals surface area contributed by atoms with Crippen molar-refractivity contribution in [2.24, 2.45) is 5.41 Å². The molecule has 1 aromatic rings. The van der Waals surface area contributed by atoms with Crippen molar-refractivity contribution in [3.8, 4) is 0 Å². The minimum Gasteiger partial charge on any atom is -0.384 e. The van der Waals surface area contributed by atoms with Crippen LogP contribution in [0.3, 0.4) is 0 Å². The minimum absolute atomic E-state index is 0.183. The first kappa shape index (κ1) is 12.7. The molecular weight excluding hydrogens is 196 g/mol. The summed E-state index contributed by atoms with van der Waals surface area (Å²) in [6.45, 7) is 6.43. The van der Waals surface area contributed by atoms with Crippen LogP contribution in [0.25, 0.3) is 0 Å². The van der Waals surface area contributed by atoms with Crippen molar-refractivity contribution in [2.75, 3.05) is 0 Å². The van der Waals surface area contributed by atoms with Crippen LogP contribution in [0.4, 0.5) is 0 Å². The van der Waals surface area contributed by atoms with Gasteiger partial charge in [0.25, 0.3) is 0 Å². The molecule has 0 spiro atoms. The second kappa shape index (κ2) is 5.66. The number of benzene rings is 1. The molecule has 1 heteroatoms. The molecule has 0 saturated carbocycles. The van der Waals surface area contributed by atoms with Crippen LogP contribution >= 0.6 is 0 Å². The Hall–Kier alpha value is -1.34. The lowest BCUT2D eigenvalue weighted by molar-refractivity contribution is 0.228. The van der Waals surface area contributed by atoms with Crippen molar-refractivity contribution in [1.82, 2.24) is 0 Å². The first-order valence-corrected chi connectivity index (χ1v) is 5.58. The average Bonchev–Trinajstić information content (AvgIpc) is 2.24. The van der Waals surface area contributed by atoms with Crippen LogP contribution in [0.2, 0.25) is 0 Å². The van der Waals surface area contributed by atoms with E-state index in [1.54, 1.807) is 6.08 Å². The maximum atomic E-state index is 9.83. The minimum atomic E-state index is -0.522. The Morgan fingerprint density at radius 1 is 1.06 bits per heavy atom. The molecule has 1 atom stereocenters. The first-order chi connectivity index (χ1) is 7.49. The zero-order valence-corrected chi connectivity index (χ0v) is 10.2. The lowest BCUT2D eigenvalue weighted by Gasteiger charge is -2.10. The molecule has 0 aliphatic heterocycles. The van der Waals surface area contributed by atoms with Crippen LogP contribution < -0.4 is 0 Å². The summed E-state index contributed by atoms with van der Waals surface area (Å²) < 4.78 is 0. The average molecular weight is 216 g/mol. The van der Waals surface area contributed by atoms with Gasteiger partial charge in [0.2, 0.25) is 0 Å². The summed E-state index contributed by atoms with van der Waals surface area (Å²) in [7, 11) is 0. The van der Waals surface area contributed by atoms with E-state index in [-0.39, 0.29) is 5.41 Å². The van der Waals surface area contributed by atoms with E-state index in [1.807, 2.05) is 42.5 Å². The molecular formula is C15H20O. The topological polar surface area (TPSA) is 20.2 Å². The van der Waals surface area contributed by atoms with Crippen LogP contribution in [-0.2, 0) is 0 Å². The molecule has 1 rings (SSSR count). The fourth-order valence-electron chi connectivity index (χ4n) is 1.27. The van der Waals surface area contributed by atoms with Gasteiger partial charge in [0.1, 0.15) is 0 Å². The van der Waals surface area contributed by atoms with Gasteiger partial charge in [-0.3, -0.25) is 0 Å². The van der Waals surface area contributed by atoms with Gasteiger partial charge in [-0.1, -0.05) is 75.4 Å². The van der Waals surface area contributed by atoms with Crippen LogP contribution in [0.1, 0.15) is 32.4 Å². The summed E-state index contributed by atoms with van der Waals surface area (Å²) in [5, 5.41) is 9.83. The van der Waals surface area contributed by atoms with Gasteiger partial charge in [-0.25, -0.2) is 0 Å². The summed E-state index contributed by atoms with van der Waals surface area (Å²) in [5.41, 5.74) is 1.10. The Bertz CT molecular complexity index is 355. The van der Waals surface area contributed by atoms with Gasteiger partial charge in [-0.2, -0.15) is 0 Å². The maximum absolute atomic E-state index is 9.83. The maximum Gasteiger partial charge on any atom is 0.0974 e. The predicted molar refractivity (Wildman–Crippen MR) is 69.1 cm³/mol. The second-order valence-corrected chi connectivity index (χ2v) is 4.97. The zero-order chi connectivity index (χ0) is 12.0. The van der Waals surface area contributed by atoms with Crippen molar-refractivity contribution in [2.45, 2.75) is 26.9 Å². The van der Waals surface area contributed by atoms with Gasteiger partial charge in [-0.15, -0.1) is 0 Å². The highest BCUT2D eigenvalue weighted by atomic mass is 16.3. The third-order valence-electron chi connectivity index (χ3n) is 2.14. The molecule has 1 unspecified atom stereocenters. The third kappa shape index (κ3) is 4.94. The van der Waals surface area contributed by atoms with Crippen molar-refractivity contribution in [1.29, 1.82) is 0 Å². The molecule has 1 aromatic carbocycles. The molecule has 1 nitrogen and oxygen atoms in total. The smallest absolute Gasteiger partial charge is 0.0974 e. The number of hydrogen-bond donors (Lipinski definition) is 1. The number of aliphatic hydroxyl groups excluding tert-OH is 1. The SMILES string of the molecule is CC(C)(C)/C=C/C=C/C(O)c1ccccc1. The van der Waals surface area contributed by atoms with Crippen molar-refractivity contribution >= 4 is 0 Å². The molecule has 86 valence electrons. The largest absolute Gasteiger partial charge is 0.384 e. The van der Waals surface area contributed by atoms with E-state index in [0.717, 1.165) is 5.56 Å². The Labute approximate surface area is 98.1 Å². The number of rotatable bonds is 3. The van der Waals surface area contributed by atoms with Gasteiger partial charge in [-0.05, 0) is 11.0 Å². The van der Waals surface area contributed by atoms with Crippen molar-refractivity contribution < 1.29 is 5.11 Å². The molecule has 0 aromatic heterocycles. The quantitative estimate of drug-likeness (QED) is 0.760. The first-order valence-electron chi connectivity index (χ1n) is 5.58. The highest BCUT2D eigenvalue weighted by molar-refractivity contribution is 5.22. The van der Waals surface area contributed by atoms with E-state index in [0.29, 0.717) is 0 Å². The summed E-state index contributed by atoms with van der Waals surface area (Å²) >= 11 is 0. The van der Waals surface area contributed by atoms with Crippen LogP contribution in [0, 0.1) is 5.41 Å². The number of allylic oxidation sites excluding steroid dienone is 3. The summed E-state index contributed by atoms with van der Waals surface area (Å²) in [5.74, 6) is 0. The molecule has 0 bridgehead atoms. The van der Waals surface area contributed by atoms with E-state index in [4.69, 9.17) is 0 Å². The van der Waals surface area contributed by atoms with Gasteiger partial charge in [0, 0.05) is 0 Å². The molecule has 0 aliphatic carbocycles. The predicted octanol–water partition coefficient (Wildman–Crippen LogP) is 3.88. The van der Waals surface area contributed by atoms with E-state index in [1.165, 1.54) is 0 Å². The van der Waals surface area contributed by atoms with Crippen molar-refractivity contribution in [3.05, 3.63) is 60.2 Å². The summed E-state index contributed by atoms with van der Waals surface area (Å²) in [4.78, 5) is 0. The fraction of sp³-hybridized carbons (Fsp3) is 0.333. The Morgan fingerprint density at radius 2 is 1.69 bits per heavy atom. The van der Waals surface area contributed by atoms with E-state index in [9.17, 15) is 5.11 Å². The number of hydrogen-bond acceptors (Lipinski definition) is 1. The normalized spacial score (nSPS) is 14.8. The summed E-state index contributed by atoms with van der Waals surface area (Å²) in [6, 6.07) is 9.64. The molecule has 1 N–H and O–H groups in total. The van der Waals surface area contributed by atoms with Gasteiger partial charge < -0.3 is 5.11 Å². The Kier molecular flexibility index (Phi) is 4.51. The van der Waals surface area contributed by atoms with E-state index in [2.05, 4.69) is 26.8 Å². The lowest BCUT2D eigenvalue weighted by Crippen LogP contribution is -1.97. The highest BCUT2D eigenvalue weighted by Crippen LogP contribution is 2.16. The van der Waals surface area contributed by atoms with E-state index >= 15 is 0 Å². The molecule has 0 radical (unpaired) electrons. The van der Waals surface area contributed by atoms with Crippen LogP contribution in [-0.4, -0.2) is 5.11 Å². The molecule has 0 aliphatic rings. The molecule has 16 heavy (non-hydrogen) atoms. The van der Waals surface area contributed by atoms with E-state index < -0.39 is 6.10 Å². The standard InChI is InChI=1S/C15H20O/c1-15(2,3)12-8-7-11-14(16)13-9-5-4-6-10-13/h4-12,14,16H,1-3H3/b11-7+,12-8+. The molecule has 0 fully saturated rings. The molecule has 0 heterocycles. The van der Waals surface area contributed by atoms with Gasteiger partial charge >= 0.3 is 0 Å². The monoisotopic (exact) mass is 216 g/mol. The highest BCUT2D eigenvalue weighted by Gasteiger charge is 2.03. The van der Waals surface area contributed by atoms with Crippen LogP contribution in [0.15, 0.2) is 54.6 Å². The van der Waals surface area contributed by atoms with Crippen LogP contribution in [0.5, 0.6) is 0 Å². The second-order valence-electron chi connectivity index (χ2n) is 4.97. The summed E-state index contributed by atoms with van der Waals surface area (Å²) in [6.07, 6.45) is 7.25. The van der Waals surface area contributed by atoms with Crippen molar-refractivity contribution in [3.63, 3.8) is 0 Å². The van der Waals surface area contributed by atoms with Gasteiger partial charge in [0.05, 0.1) is 6.10 Å². The number of aliphatic hydroxyl groups is 1.